The van der Waals surface area contributed by atoms with Crippen molar-refractivity contribution in [1.82, 2.24) is 14.8 Å². The van der Waals surface area contributed by atoms with E-state index in [9.17, 15) is 24.0 Å². The molecule has 1 aliphatic rings. The Kier molecular flexibility index (Phi) is 4.42. The van der Waals surface area contributed by atoms with E-state index < -0.39 is 43.6 Å². The van der Waals surface area contributed by atoms with E-state index in [0.717, 1.165) is 11.0 Å². The maximum absolute atomic E-state index is 13.2. The molecule has 0 aromatic carbocycles. The lowest BCUT2D eigenvalue weighted by atomic mass is 10.1. The van der Waals surface area contributed by atoms with Crippen LogP contribution in [-0.4, -0.2) is 59.0 Å². The number of hydrogen-bond acceptors (Lipinski definition) is 7. The van der Waals surface area contributed by atoms with Gasteiger partial charge in [0, 0.05) is 0 Å². The zero-order valence-electron chi connectivity index (χ0n) is 10.7. The Balaban J connectivity index is 2.23. The van der Waals surface area contributed by atoms with Crippen LogP contribution in [0.4, 0.5) is 4.39 Å². The lowest BCUT2D eigenvalue weighted by Crippen LogP contribution is -2.31. The molecule has 1 aliphatic heterocycles. The summed E-state index contributed by atoms with van der Waals surface area (Å²) in [4.78, 5) is 31.7. The van der Waals surface area contributed by atoms with Crippen LogP contribution in [0, 0.1) is 0 Å². The normalized spacial score (nSPS) is 29.8. The van der Waals surface area contributed by atoms with Gasteiger partial charge in [-0.05, 0) is 6.08 Å². The summed E-state index contributed by atoms with van der Waals surface area (Å²) in [7, 11) is -5.13. The standard InChI is InChI=1S/C9H12FN4O7P/c10-4(22(18,19)20)1-3-5(15)6(16)9(21-3)14-2-12-8(13-14)7(11)17/h1-3,5-6,9,15-16H,(H2,11,17)(H2,18,19,20)/b4-1+/t3-,5-,6-,9-/m1/s1. The highest BCUT2D eigenvalue weighted by molar-refractivity contribution is 7.56. The number of nitrogens with two attached hydrogens (primary N) is 1. The first-order chi connectivity index (χ1) is 10.1. The molecule has 2 heterocycles. The average molecular weight is 338 g/mol. The molecular formula is C9H12FN4O7P. The molecule has 13 heteroatoms. The van der Waals surface area contributed by atoms with Crippen LogP contribution >= 0.6 is 7.60 Å². The molecule has 0 radical (unpaired) electrons. The number of carbonyl (C=O) groups is 1. The molecule has 1 aromatic rings. The molecule has 2 rings (SSSR count). The number of halogens is 1. The van der Waals surface area contributed by atoms with Gasteiger partial charge < -0.3 is 30.5 Å². The minimum absolute atomic E-state index is 0.362. The van der Waals surface area contributed by atoms with Gasteiger partial charge in [-0.1, -0.05) is 0 Å². The third-order valence-corrected chi connectivity index (χ3v) is 3.55. The summed E-state index contributed by atoms with van der Waals surface area (Å²) in [5.41, 5.74) is 3.15. The Morgan fingerprint density at radius 2 is 2.09 bits per heavy atom. The minimum Gasteiger partial charge on any atom is -0.387 e. The van der Waals surface area contributed by atoms with E-state index in [2.05, 4.69) is 10.1 Å². The van der Waals surface area contributed by atoms with Crippen LogP contribution in [0.2, 0.25) is 0 Å². The molecule has 0 unspecified atom stereocenters. The van der Waals surface area contributed by atoms with E-state index in [0.29, 0.717) is 6.08 Å². The first-order valence-corrected chi connectivity index (χ1v) is 7.38. The van der Waals surface area contributed by atoms with E-state index in [-0.39, 0.29) is 5.82 Å². The number of rotatable bonds is 4. The van der Waals surface area contributed by atoms with Gasteiger partial charge in [-0.3, -0.25) is 9.36 Å². The van der Waals surface area contributed by atoms with Crippen LogP contribution < -0.4 is 5.73 Å². The molecule has 0 saturated carbocycles. The average Bonchev–Trinajstić information content (AvgIpc) is 2.98. The number of aliphatic hydroxyl groups is 2. The van der Waals surface area contributed by atoms with Gasteiger partial charge in [0.2, 0.25) is 11.4 Å². The fraction of sp³-hybridized carbons (Fsp3) is 0.444. The smallest absolute Gasteiger partial charge is 0.384 e. The van der Waals surface area contributed by atoms with Gasteiger partial charge >= 0.3 is 7.60 Å². The number of amides is 1. The zero-order valence-corrected chi connectivity index (χ0v) is 11.6. The van der Waals surface area contributed by atoms with Crippen molar-refractivity contribution >= 4 is 13.5 Å². The Hall–Kier alpha value is -1.69. The van der Waals surface area contributed by atoms with Crippen LogP contribution in [0.15, 0.2) is 18.0 Å². The minimum atomic E-state index is -5.13. The van der Waals surface area contributed by atoms with Crippen LogP contribution in [-0.2, 0) is 9.30 Å². The lowest BCUT2D eigenvalue weighted by molar-refractivity contribution is -0.0348. The van der Waals surface area contributed by atoms with Crippen LogP contribution in [0.1, 0.15) is 16.8 Å². The van der Waals surface area contributed by atoms with Gasteiger partial charge in [-0.15, -0.1) is 5.10 Å². The number of ether oxygens (including phenoxy) is 1. The Labute approximate surface area is 122 Å². The summed E-state index contributed by atoms with van der Waals surface area (Å²) in [5.74, 6) is -1.30. The number of carbonyl (C=O) groups excluding carboxylic acids is 1. The van der Waals surface area contributed by atoms with E-state index in [1.54, 1.807) is 0 Å². The highest BCUT2D eigenvalue weighted by atomic mass is 31.2. The summed E-state index contributed by atoms with van der Waals surface area (Å²) < 4.78 is 29.9. The number of aliphatic hydroxyl groups excluding tert-OH is 2. The summed E-state index contributed by atoms with van der Waals surface area (Å²) in [6.45, 7) is 0. The van der Waals surface area contributed by atoms with Crippen molar-refractivity contribution in [3.8, 4) is 0 Å². The highest BCUT2D eigenvalue weighted by Gasteiger charge is 2.44. The summed E-state index contributed by atoms with van der Waals surface area (Å²) in [6, 6.07) is 0. The van der Waals surface area contributed by atoms with Crippen LogP contribution in [0.3, 0.4) is 0 Å². The van der Waals surface area contributed by atoms with Crippen molar-refractivity contribution in [2.24, 2.45) is 5.73 Å². The van der Waals surface area contributed by atoms with Gasteiger partial charge in [-0.25, -0.2) is 9.67 Å². The number of nitrogens with zero attached hydrogens (tertiary/aromatic N) is 3. The Bertz CT molecular complexity index is 658. The fourth-order valence-corrected chi connectivity index (χ4v) is 2.13. The highest BCUT2D eigenvalue weighted by Crippen LogP contribution is 2.46. The fourth-order valence-electron chi connectivity index (χ4n) is 1.78. The first-order valence-electron chi connectivity index (χ1n) is 5.77. The molecular weight excluding hydrogens is 326 g/mol. The molecule has 6 N–H and O–H groups in total. The molecule has 1 aromatic heterocycles. The maximum atomic E-state index is 13.2. The molecule has 1 fully saturated rings. The van der Waals surface area contributed by atoms with Gasteiger partial charge in [0.05, 0.1) is 0 Å². The Morgan fingerprint density at radius 1 is 1.45 bits per heavy atom. The molecule has 11 nitrogen and oxygen atoms in total. The van der Waals surface area contributed by atoms with E-state index in [4.69, 9.17) is 20.3 Å². The molecule has 0 aliphatic carbocycles. The van der Waals surface area contributed by atoms with Gasteiger partial charge in [-0.2, -0.15) is 4.39 Å². The Morgan fingerprint density at radius 3 is 2.59 bits per heavy atom. The largest absolute Gasteiger partial charge is 0.387 e. The number of primary amides is 1. The number of hydrogen-bond donors (Lipinski definition) is 5. The van der Waals surface area contributed by atoms with E-state index in [1.807, 2.05) is 0 Å². The van der Waals surface area contributed by atoms with E-state index in [1.165, 1.54) is 0 Å². The van der Waals surface area contributed by atoms with Gasteiger partial charge in [0.15, 0.2) is 6.23 Å². The zero-order chi connectivity index (χ0) is 16.7. The predicted molar refractivity (Wildman–Crippen MR) is 65.7 cm³/mol. The van der Waals surface area contributed by atoms with E-state index >= 15 is 0 Å². The summed E-state index contributed by atoms with van der Waals surface area (Å²) in [6.07, 6.45) is -4.81. The topological polar surface area (TPSA) is 181 Å². The summed E-state index contributed by atoms with van der Waals surface area (Å²) in [5, 5.41) is 23.2. The lowest BCUT2D eigenvalue weighted by Gasteiger charge is -2.13. The van der Waals surface area contributed by atoms with Crippen molar-refractivity contribution in [2.75, 3.05) is 0 Å². The second-order valence-electron chi connectivity index (χ2n) is 4.42. The molecule has 0 bridgehead atoms. The van der Waals surface area contributed by atoms with Gasteiger partial charge in [0.25, 0.3) is 5.91 Å². The second-order valence-corrected chi connectivity index (χ2v) is 5.93. The summed E-state index contributed by atoms with van der Waals surface area (Å²) >= 11 is 0. The molecule has 22 heavy (non-hydrogen) atoms. The third-order valence-electron chi connectivity index (χ3n) is 2.84. The van der Waals surface area contributed by atoms with Crippen molar-refractivity contribution in [2.45, 2.75) is 24.5 Å². The first kappa shape index (κ1) is 16.7. The maximum Gasteiger partial charge on any atom is 0.384 e. The van der Waals surface area contributed by atoms with Crippen molar-refractivity contribution in [3.05, 3.63) is 23.8 Å². The predicted octanol–water partition coefficient (Wildman–Crippen LogP) is -2.02. The van der Waals surface area contributed by atoms with Crippen molar-refractivity contribution in [3.63, 3.8) is 0 Å². The molecule has 1 saturated heterocycles. The third kappa shape index (κ3) is 3.21. The second kappa shape index (κ2) is 5.83. The number of aromatic nitrogens is 3. The van der Waals surface area contributed by atoms with Crippen molar-refractivity contribution < 1.29 is 38.5 Å². The van der Waals surface area contributed by atoms with Crippen molar-refractivity contribution in [1.29, 1.82) is 0 Å². The SMILES string of the molecule is NC(=O)c1ncn([C@@H]2O[C@H](/C=C(\F)P(=O)(O)O)[C@@H](O)[C@H]2O)n1. The monoisotopic (exact) mass is 338 g/mol. The van der Waals surface area contributed by atoms with Gasteiger partial charge in [0.1, 0.15) is 24.6 Å². The van der Waals surface area contributed by atoms with Crippen LogP contribution in [0.25, 0.3) is 0 Å². The molecule has 1 amide bonds. The van der Waals surface area contributed by atoms with Crippen LogP contribution in [0.5, 0.6) is 0 Å². The molecule has 4 atom stereocenters. The molecule has 122 valence electrons. The quantitative estimate of drug-likeness (QED) is 0.387. The molecule has 0 spiro atoms.